The fraction of sp³-hybridized carbons (Fsp3) is 0.400. The van der Waals surface area contributed by atoms with E-state index in [0.717, 1.165) is 39.6 Å². The Morgan fingerprint density at radius 3 is 0.736 bits per heavy atom. The van der Waals surface area contributed by atoms with E-state index in [1.807, 2.05) is 0 Å². The van der Waals surface area contributed by atoms with Gasteiger partial charge in [-0.2, -0.15) is 0 Å². The van der Waals surface area contributed by atoms with E-state index in [9.17, 15) is 0 Å². The van der Waals surface area contributed by atoms with Crippen LogP contribution < -0.4 is 4.46 Å². The van der Waals surface area contributed by atoms with E-state index in [4.69, 9.17) is 0 Å². The molecule has 0 saturated heterocycles. The van der Waals surface area contributed by atoms with Gasteiger partial charge in [-0.25, -0.2) is 0 Å². The third-order valence-corrected chi connectivity index (χ3v) is 18.3. The molecule has 0 N–H and O–H groups in total. The molecule has 0 aliphatic heterocycles. The molecule has 0 aliphatic rings. The third kappa shape index (κ3) is 11.3. The molecular weight excluding hydrogens is 936 g/mol. The van der Waals surface area contributed by atoms with Gasteiger partial charge in [-0.15, -0.1) is 0 Å². The molecule has 7 aromatic carbocycles. The van der Waals surface area contributed by atoms with Gasteiger partial charge in [-0.05, 0) is 0 Å². The van der Waals surface area contributed by atoms with E-state index < -0.39 is 13.8 Å². The summed E-state index contributed by atoms with van der Waals surface area (Å²) in [6, 6.07) is 49.3. The SMILES string of the molecule is CCCC[Se](=O)c1c(-c2cc(-c3c(C(C)C)cccc3C(C)C)cc(-c3c(C(C)C)cccc3C(C)C)c2)cccc1-c1cc(-c2c(C(C)C)cccc2C(C)C)cc(-c2c(C(C)C)cccc2C(C)C)c1. The molecule has 1 atom stereocenters. The molecule has 0 fully saturated rings. The minimum absolute atomic E-state index is 0.334. The average Bonchev–Trinajstić information content (AvgIpc) is 3.36. The van der Waals surface area contributed by atoms with Gasteiger partial charge in [0, 0.05) is 0 Å². The molecule has 0 radical (unpaired) electrons. The molecule has 7 aromatic rings. The summed E-state index contributed by atoms with van der Waals surface area (Å²) in [4.78, 5) is 0. The summed E-state index contributed by atoms with van der Waals surface area (Å²) in [5.41, 5.74) is 25.7. The first-order valence-corrected chi connectivity index (χ1v) is 30.4. The monoisotopic (exact) mass is 1020 g/mol. The number of unbranched alkanes of at least 4 members (excludes halogenated alkanes) is 1. The second-order valence-electron chi connectivity index (χ2n) is 23.2. The van der Waals surface area contributed by atoms with Gasteiger partial charge in [-0.1, -0.05) is 0 Å². The predicted molar refractivity (Wildman–Crippen MR) is 318 cm³/mol. The molecule has 0 heterocycles. The van der Waals surface area contributed by atoms with Crippen molar-refractivity contribution in [3.05, 3.63) is 172 Å². The number of benzene rings is 7. The van der Waals surface area contributed by atoms with Gasteiger partial charge in [0.2, 0.25) is 0 Å². The molecule has 0 aromatic heterocycles. The molecule has 7 rings (SSSR count). The van der Waals surface area contributed by atoms with E-state index in [0.29, 0.717) is 52.7 Å². The van der Waals surface area contributed by atoms with E-state index in [-0.39, 0.29) is 0 Å². The summed E-state index contributed by atoms with van der Waals surface area (Å²) in [5, 5.41) is 0.697. The molecule has 0 aliphatic carbocycles. The molecule has 378 valence electrons. The molecule has 0 saturated carbocycles. The first-order chi connectivity index (χ1) is 34.2. The zero-order valence-corrected chi connectivity index (χ0v) is 48.9. The zero-order valence-electron chi connectivity index (χ0n) is 47.2. The Bertz CT molecular complexity index is 2580. The normalized spacial score (nSPS) is 12.6. The van der Waals surface area contributed by atoms with Gasteiger partial charge in [0.05, 0.1) is 0 Å². The molecule has 0 amide bonds. The van der Waals surface area contributed by atoms with Crippen LogP contribution in [0.2, 0.25) is 5.32 Å². The number of hydrogen-bond acceptors (Lipinski definition) is 1. The van der Waals surface area contributed by atoms with Gasteiger partial charge >= 0.3 is 444 Å². The first-order valence-electron chi connectivity index (χ1n) is 27.6. The Kier molecular flexibility index (Phi) is 17.7. The van der Waals surface area contributed by atoms with Crippen LogP contribution in [0.15, 0.2) is 127 Å². The maximum atomic E-state index is 15.8. The van der Waals surface area contributed by atoms with Crippen molar-refractivity contribution >= 4 is 18.3 Å². The molecule has 0 spiro atoms. The van der Waals surface area contributed by atoms with Gasteiger partial charge in [-0.3, -0.25) is 0 Å². The summed E-state index contributed by atoms with van der Waals surface area (Å²) in [6.07, 6.45) is 1.93. The van der Waals surface area contributed by atoms with Crippen molar-refractivity contribution in [1.29, 1.82) is 0 Å². The molecule has 2 heteroatoms. The van der Waals surface area contributed by atoms with Crippen molar-refractivity contribution in [2.24, 2.45) is 0 Å². The topological polar surface area (TPSA) is 17.1 Å². The van der Waals surface area contributed by atoms with Crippen molar-refractivity contribution in [2.75, 3.05) is 0 Å². The Hall–Kier alpha value is -5.14. The summed E-state index contributed by atoms with van der Waals surface area (Å²) >= 11 is -2.62. The first kappa shape index (κ1) is 54.6. The Balaban J connectivity index is 1.67. The maximum absolute atomic E-state index is 15.8. The summed E-state index contributed by atoms with van der Waals surface area (Å²) in [5.74, 6) is 2.68. The molecular formula is C70H86OSe. The van der Waals surface area contributed by atoms with E-state index in [1.165, 1.54) is 89.0 Å². The van der Waals surface area contributed by atoms with Crippen LogP contribution in [0.1, 0.15) is 222 Å². The van der Waals surface area contributed by atoms with Gasteiger partial charge in [0.1, 0.15) is 0 Å². The summed E-state index contributed by atoms with van der Waals surface area (Å²) in [7, 11) is 0. The Labute approximate surface area is 441 Å². The van der Waals surface area contributed by atoms with Gasteiger partial charge in [0.25, 0.3) is 0 Å². The van der Waals surface area contributed by atoms with Crippen molar-refractivity contribution in [1.82, 2.24) is 0 Å². The van der Waals surface area contributed by atoms with Gasteiger partial charge in [0.15, 0.2) is 0 Å². The standard InChI is InChI=1S/C70H86OSe/c1-18-19-35-72(71)70-64(50-36-52(66-56(42(2)3)25-20-26-57(66)43(4)5)40-53(37-50)67-58(44(6)7)27-21-28-59(67)45(8)9)33-24-34-65(70)51-38-54(68-60(46(10)11)29-22-30-61(68)47(12)13)41-55(39-51)69-62(48(14)15)31-23-32-63(69)49(16)17/h20-34,36-49H,18-19,35H2,1-17H3. The molecule has 0 bridgehead atoms. The predicted octanol–water partition coefficient (Wildman–Crippen LogP) is 21.1. The zero-order chi connectivity index (χ0) is 52.3. The number of hydrogen-bond donors (Lipinski definition) is 0. The quantitative estimate of drug-likeness (QED) is 0.0783. The van der Waals surface area contributed by atoms with Crippen LogP contribution in [0, 0.1) is 0 Å². The molecule has 72 heavy (non-hydrogen) atoms. The van der Waals surface area contributed by atoms with E-state index in [1.54, 1.807) is 0 Å². The van der Waals surface area contributed by atoms with Crippen molar-refractivity contribution in [3.8, 4) is 66.8 Å². The summed E-state index contributed by atoms with van der Waals surface area (Å²) in [6.45, 7) is 39.5. The fourth-order valence-electron chi connectivity index (χ4n) is 11.3. The van der Waals surface area contributed by atoms with Crippen LogP contribution in [-0.2, 0) is 3.83 Å². The van der Waals surface area contributed by atoms with Crippen LogP contribution in [-0.4, -0.2) is 13.8 Å². The van der Waals surface area contributed by atoms with Crippen LogP contribution in [0.4, 0.5) is 0 Å². The molecule has 1 unspecified atom stereocenters. The minimum atomic E-state index is -2.62. The Morgan fingerprint density at radius 1 is 0.319 bits per heavy atom. The Morgan fingerprint density at radius 2 is 0.528 bits per heavy atom. The van der Waals surface area contributed by atoms with E-state index in [2.05, 4.69) is 245 Å². The fourth-order valence-corrected chi connectivity index (χ4v) is 14.7. The second-order valence-corrected chi connectivity index (χ2v) is 26.3. The van der Waals surface area contributed by atoms with Crippen molar-refractivity contribution < 1.29 is 3.83 Å². The van der Waals surface area contributed by atoms with Crippen LogP contribution >= 0.6 is 0 Å². The summed E-state index contributed by atoms with van der Waals surface area (Å²) < 4.78 is 16.8. The van der Waals surface area contributed by atoms with Crippen molar-refractivity contribution in [3.63, 3.8) is 0 Å². The average molecular weight is 1020 g/mol. The second kappa shape index (κ2) is 23.4. The molecule has 1 nitrogen and oxygen atoms in total. The van der Waals surface area contributed by atoms with Crippen molar-refractivity contribution in [2.45, 2.75) is 183 Å². The van der Waals surface area contributed by atoms with Crippen LogP contribution in [0.3, 0.4) is 0 Å². The van der Waals surface area contributed by atoms with Crippen LogP contribution in [0.5, 0.6) is 0 Å². The third-order valence-electron chi connectivity index (χ3n) is 15.1. The van der Waals surface area contributed by atoms with Gasteiger partial charge < -0.3 is 0 Å². The van der Waals surface area contributed by atoms with E-state index >= 15 is 3.83 Å². The van der Waals surface area contributed by atoms with Crippen LogP contribution in [0.25, 0.3) is 66.8 Å². The number of rotatable bonds is 18.